The summed E-state index contributed by atoms with van der Waals surface area (Å²) in [5.41, 5.74) is 0.503. The van der Waals surface area contributed by atoms with E-state index in [-0.39, 0.29) is 18.0 Å². The first-order valence-electron chi connectivity index (χ1n) is 4.16. The minimum atomic E-state index is -0.303. The first-order valence-corrected chi connectivity index (χ1v) is 4.16. The quantitative estimate of drug-likeness (QED) is 0.478. The van der Waals surface area contributed by atoms with E-state index in [2.05, 4.69) is 4.99 Å². The Hall–Kier alpha value is -0.860. The second kappa shape index (κ2) is 4.91. The average molecular weight is 171 g/mol. The Kier molecular flexibility index (Phi) is 4.55. The first-order chi connectivity index (χ1) is 5.49. The predicted octanol–water partition coefficient (Wildman–Crippen LogP) is 1.66. The Morgan fingerprint density at radius 1 is 1.25 bits per heavy atom. The molecular formula is C9H17NO2. The molecule has 0 spiro atoms. The number of hydrogen-bond donors (Lipinski definition) is 0. The highest BCUT2D eigenvalue weighted by atomic mass is 16.5. The summed E-state index contributed by atoms with van der Waals surface area (Å²) >= 11 is 0. The second-order valence-electron chi connectivity index (χ2n) is 3.22. The maximum absolute atomic E-state index is 11.3. The van der Waals surface area contributed by atoms with Gasteiger partial charge in [-0.25, -0.2) is 4.79 Å². The van der Waals surface area contributed by atoms with Gasteiger partial charge >= 0.3 is 5.97 Å². The molecule has 0 rings (SSSR count). The number of nitrogens with zero attached hydrogens (tertiary/aromatic N) is 1. The van der Waals surface area contributed by atoms with Gasteiger partial charge in [-0.3, -0.25) is 4.99 Å². The molecule has 0 aromatic rings. The van der Waals surface area contributed by atoms with E-state index in [0.717, 1.165) is 0 Å². The molecule has 0 N–H and O–H groups in total. The molecule has 0 aliphatic carbocycles. The van der Waals surface area contributed by atoms with Gasteiger partial charge in [0.1, 0.15) is 5.71 Å². The Balaban J connectivity index is 4.25. The van der Waals surface area contributed by atoms with E-state index in [4.69, 9.17) is 4.74 Å². The smallest absolute Gasteiger partial charge is 0.352 e. The normalized spacial score (nSPS) is 12.4. The lowest BCUT2D eigenvalue weighted by Gasteiger charge is -2.11. The number of carbonyl (C=O) groups excluding carboxylic acids is 1. The molecule has 0 saturated heterocycles. The SMILES string of the molecule is C/N=C(/C(=O)OC(C)C)C(C)C. The Bertz CT molecular complexity index is 183. The maximum Gasteiger partial charge on any atom is 0.352 e. The Labute approximate surface area is 73.8 Å². The average Bonchev–Trinajstić information content (AvgIpc) is 1.85. The molecule has 0 aromatic heterocycles. The molecule has 0 aliphatic heterocycles. The molecule has 0 heterocycles. The molecule has 12 heavy (non-hydrogen) atoms. The van der Waals surface area contributed by atoms with Gasteiger partial charge in [-0.15, -0.1) is 0 Å². The van der Waals surface area contributed by atoms with Crippen molar-refractivity contribution in [3.63, 3.8) is 0 Å². The molecule has 0 fully saturated rings. The van der Waals surface area contributed by atoms with E-state index >= 15 is 0 Å². The van der Waals surface area contributed by atoms with Gasteiger partial charge < -0.3 is 4.74 Å². The fraction of sp³-hybridized carbons (Fsp3) is 0.778. The van der Waals surface area contributed by atoms with Gasteiger partial charge in [0.2, 0.25) is 0 Å². The predicted molar refractivity (Wildman–Crippen MR) is 49.4 cm³/mol. The number of hydrogen-bond acceptors (Lipinski definition) is 3. The fourth-order valence-electron chi connectivity index (χ4n) is 0.860. The molecule has 0 amide bonds. The zero-order chi connectivity index (χ0) is 9.72. The van der Waals surface area contributed by atoms with Crippen molar-refractivity contribution in [2.45, 2.75) is 33.8 Å². The van der Waals surface area contributed by atoms with Crippen LogP contribution in [0.1, 0.15) is 27.7 Å². The third-order valence-corrected chi connectivity index (χ3v) is 1.34. The van der Waals surface area contributed by atoms with Crippen LogP contribution >= 0.6 is 0 Å². The lowest BCUT2D eigenvalue weighted by molar-refractivity contribution is -0.139. The van der Waals surface area contributed by atoms with Gasteiger partial charge in [0.15, 0.2) is 0 Å². The van der Waals surface area contributed by atoms with Gasteiger partial charge in [-0.2, -0.15) is 0 Å². The van der Waals surface area contributed by atoms with Gasteiger partial charge in [-0.05, 0) is 13.8 Å². The highest BCUT2D eigenvalue weighted by Crippen LogP contribution is 2.01. The van der Waals surface area contributed by atoms with Crippen LogP contribution in [0.15, 0.2) is 4.99 Å². The monoisotopic (exact) mass is 171 g/mol. The van der Waals surface area contributed by atoms with Crippen molar-refractivity contribution in [1.82, 2.24) is 0 Å². The zero-order valence-electron chi connectivity index (χ0n) is 8.42. The number of aliphatic imine (C=N–C) groups is 1. The summed E-state index contributed by atoms with van der Waals surface area (Å²) in [5.74, 6) is -0.177. The van der Waals surface area contributed by atoms with Crippen LogP contribution in [0.2, 0.25) is 0 Å². The minimum absolute atomic E-state index is 0.0759. The highest BCUT2D eigenvalue weighted by Gasteiger charge is 2.16. The van der Waals surface area contributed by atoms with Crippen molar-refractivity contribution in [2.24, 2.45) is 10.9 Å². The van der Waals surface area contributed by atoms with E-state index in [9.17, 15) is 4.79 Å². The lowest BCUT2D eigenvalue weighted by atomic mass is 10.1. The highest BCUT2D eigenvalue weighted by molar-refractivity contribution is 6.37. The Morgan fingerprint density at radius 2 is 1.75 bits per heavy atom. The van der Waals surface area contributed by atoms with Crippen LogP contribution in [0.25, 0.3) is 0 Å². The second-order valence-corrected chi connectivity index (χ2v) is 3.22. The van der Waals surface area contributed by atoms with Crippen molar-refractivity contribution >= 4 is 11.7 Å². The summed E-state index contributed by atoms with van der Waals surface area (Å²) in [5, 5.41) is 0. The topological polar surface area (TPSA) is 38.7 Å². The summed E-state index contributed by atoms with van der Waals surface area (Å²) in [6.45, 7) is 7.49. The molecule has 0 unspecified atom stereocenters. The van der Waals surface area contributed by atoms with Gasteiger partial charge in [-0.1, -0.05) is 13.8 Å². The van der Waals surface area contributed by atoms with Crippen LogP contribution in [0, 0.1) is 5.92 Å². The lowest BCUT2D eigenvalue weighted by Crippen LogP contribution is -2.25. The van der Waals surface area contributed by atoms with Crippen LogP contribution in [0.4, 0.5) is 0 Å². The van der Waals surface area contributed by atoms with Crippen LogP contribution in [-0.2, 0) is 9.53 Å². The van der Waals surface area contributed by atoms with Gasteiger partial charge in [0, 0.05) is 13.0 Å². The largest absolute Gasteiger partial charge is 0.458 e. The fourth-order valence-corrected chi connectivity index (χ4v) is 0.860. The number of ether oxygens (including phenoxy) is 1. The molecule has 3 nitrogen and oxygen atoms in total. The summed E-state index contributed by atoms with van der Waals surface area (Å²) in [7, 11) is 1.61. The zero-order valence-corrected chi connectivity index (χ0v) is 8.42. The van der Waals surface area contributed by atoms with Crippen molar-refractivity contribution in [2.75, 3.05) is 7.05 Å². The van der Waals surface area contributed by atoms with Crippen LogP contribution in [0.3, 0.4) is 0 Å². The maximum atomic E-state index is 11.3. The number of rotatable bonds is 3. The molecule has 70 valence electrons. The van der Waals surface area contributed by atoms with E-state index in [1.165, 1.54) is 0 Å². The van der Waals surface area contributed by atoms with E-state index < -0.39 is 0 Å². The first kappa shape index (κ1) is 11.1. The van der Waals surface area contributed by atoms with Crippen molar-refractivity contribution in [3.05, 3.63) is 0 Å². The van der Waals surface area contributed by atoms with Gasteiger partial charge in [0.05, 0.1) is 6.10 Å². The van der Waals surface area contributed by atoms with Crippen molar-refractivity contribution in [3.8, 4) is 0 Å². The number of carbonyl (C=O) groups is 1. The molecular weight excluding hydrogens is 154 g/mol. The Morgan fingerprint density at radius 3 is 2.00 bits per heavy atom. The third-order valence-electron chi connectivity index (χ3n) is 1.34. The molecule has 0 radical (unpaired) electrons. The number of esters is 1. The standard InChI is InChI=1S/C9H17NO2/c1-6(2)8(10-5)9(11)12-7(3)4/h6-7H,1-5H3/b10-8+. The summed E-state index contributed by atoms with van der Waals surface area (Å²) < 4.78 is 4.99. The third kappa shape index (κ3) is 3.51. The summed E-state index contributed by atoms with van der Waals surface area (Å²) in [4.78, 5) is 15.2. The van der Waals surface area contributed by atoms with Crippen LogP contribution < -0.4 is 0 Å². The van der Waals surface area contributed by atoms with Crippen molar-refractivity contribution < 1.29 is 9.53 Å². The molecule has 0 atom stereocenters. The van der Waals surface area contributed by atoms with Crippen LogP contribution in [-0.4, -0.2) is 24.8 Å². The molecule has 0 saturated carbocycles. The molecule has 0 aliphatic rings. The van der Waals surface area contributed by atoms with Crippen LogP contribution in [0.5, 0.6) is 0 Å². The summed E-state index contributed by atoms with van der Waals surface area (Å²) in [6.07, 6.45) is -0.0759. The molecule has 3 heteroatoms. The van der Waals surface area contributed by atoms with E-state index in [1.54, 1.807) is 7.05 Å². The summed E-state index contributed by atoms with van der Waals surface area (Å²) in [6, 6.07) is 0. The van der Waals surface area contributed by atoms with E-state index in [0.29, 0.717) is 5.71 Å². The minimum Gasteiger partial charge on any atom is -0.458 e. The molecule has 0 aromatic carbocycles. The van der Waals surface area contributed by atoms with Gasteiger partial charge in [0.25, 0.3) is 0 Å². The van der Waals surface area contributed by atoms with E-state index in [1.807, 2.05) is 27.7 Å². The van der Waals surface area contributed by atoms with Crippen molar-refractivity contribution in [1.29, 1.82) is 0 Å². The molecule has 0 bridgehead atoms.